The third kappa shape index (κ3) is 4.78. The molecular weight excluding hydrogens is 318 g/mol. The Balaban J connectivity index is 1.97. The average molecular weight is 337 g/mol. The number of ether oxygens (including phenoxy) is 2. The molecule has 124 valence electrons. The van der Waals surface area contributed by atoms with Gasteiger partial charge < -0.3 is 20.6 Å². The van der Waals surface area contributed by atoms with E-state index in [1.54, 1.807) is 18.2 Å². The summed E-state index contributed by atoms with van der Waals surface area (Å²) in [5.41, 5.74) is 0.636. The molecule has 0 aliphatic carbocycles. The molecule has 1 aromatic carbocycles. The molecule has 3 N–H and O–H groups in total. The van der Waals surface area contributed by atoms with E-state index in [1.807, 2.05) is 13.8 Å². The van der Waals surface area contributed by atoms with Crippen LogP contribution in [0, 0.1) is 0 Å². The minimum Gasteiger partial charge on any atom is -0.490 e. The SMILES string of the molecule is CCOc1ccc(NC(=O)CSc2nncn2N)cc1OCC. The van der Waals surface area contributed by atoms with Gasteiger partial charge in [0.05, 0.1) is 19.0 Å². The Hall–Kier alpha value is -2.42. The summed E-state index contributed by atoms with van der Waals surface area (Å²) < 4.78 is 12.3. The van der Waals surface area contributed by atoms with E-state index in [2.05, 4.69) is 15.5 Å². The van der Waals surface area contributed by atoms with Crippen LogP contribution in [0.25, 0.3) is 0 Å². The van der Waals surface area contributed by atoms with Gasteiger partial charge in [0.1, 0.15) is 6.33 Å². The fraction of sp³-hybridized carbons (Fsp3) is 0.357. The number of nitrogens with zero attached hydrogens (tertiary/aromatic N) is 3. The number of amides is 1. The quantitative estimate of drug-likeness (QED) is 0.556. The van der Waals surface area contributed by atoms with Crippen LogP contribution in [0.5, 0.6) is 11.5 Å². The summed E-state index contributed by atoms with van der Waals surface area (Å²) in [6, 6.07) is 5.28. The first-order valence-corrected chi connectivity index (χ1v) is 8.10. The molecule has 0 aliphatic heterocycles. The molecule has 1 heterocycles. The van der Waals surface area contributed by atoms with Crippen molar-refractivity contribution in [1.29, 1.82) is 0 Å². The third-order valence-electron chi connectivity index (χ3n) is 2.70. The Morgan fingerprint density at radius 2 is 2.04 bits per heavy atom. The van der Waals surface area contributed by atoms with Crippen LogP contribution < -0.4 is 20.6 Å². The van der Waals surface area contributed by atoms with Crippen molar-refractivity contribution in [3.8, 4) is 11.5 Å². The van der Waals surface area contributed by atoms with Crippen molar-refractivity contribution in [2.75, 3.05) is 30.1 Å². The van der Waals surface area contributed by atoms with Crippen LogP contribution in [0.2, 0.25) is 0 Å². The third-order valence-corrected chi connectivity index (χ3v) is 3.66. The number of hydrogen-bond acceptors (Lipinski definition) is 7. The van der Waals surface area contributed by atoms with Crippen molar-refractivity contribution in [1.82, 2.24) is 14.9 Å². The summed E-state index contributed by atoms with van der Waals surface area (Å²) in [7, 11) is 0. The molecule has 0 spiro atoms. The fourth-order valence-corrected chi connectivity index (χ4v) is 2.42. The lowest BCUT2D eigenvalue weighted by molar-refractivity contribution is -0.113. The lowest BCUT2D eigenvalue weighted by Gasteiger charge is -2.13. The highest BCUT2D eigenvalue weighted by molar-refractivity contribution is 7.99. The number of carbonyl (C=O) groups is 1. The Kier molecular flexibility index (Phi) is 6.10. The predicted molar refractivity (Wildman–Crippen MR) is 88.3 cm³/mol. The van der Waals surface area contributed by atoms with Crippen LogP contribution in [0.4, 0.5) is 5.69 Å². The van der Waals surface area contributed by atoms with Crippen LogP contribution in [-0.4, -0.2) is 39.7 Å². The molecular formula is C14H19N5O3S. The maximum atomic E-state index is 12.0. The molecule has 2 rings (SSSR count). The number of carbonyl (C=O) groups excluding carboxylic acids is 1. The first kappa shape index (κ1) is 16.9. The minimum atomic E-state index is -0.176. The number of aromatic nitrogens is 3. The van der Waals surface area contributed by atoms with E-state index in [0.29, 0.717) is 35.6 Å². The van der Waals surface area contributed by atoms with Gasteiger partial charge in [-0.05, 0) is 26.0 Å². The smallest absolute Gasteiger partial charge is 0.234 e. The van der Waals surface area contributed by atoms with E-state index < -0.39 is 0 Å². The molecule has 1 aromatic heterocycles. The number of anilines is 1. The average Bonchev–Trinajstić information content (AvgIpc) is 2.93. The van der Waals surface area contributed by atoms with Gasteiger partial charge in [-0.1, -0.05) is 11.8 Å². The normalized spacial score (nSPS) is 10.3. The number of nitrogens with two attached hydrogens (primary N) is 1. The second kappa shape index (κ2) is 8.28. The highest BCUT2D eigenvalue weighted by Gasteiger charge is 2.10. The number of hydrogen-bond donors (Lipinski definition) is 2. The van der Waals surface area contributed by atoms with Gasteiger partial charge in [-0.3, -0.25) is 4.79 Å². The van der Waals surface area contributed by atoms with Gasteiger partial charge in [0.15, 0.2) is 11.5 Å². The molecule has 8 nitrogen and oxygen atoms in total. The van der Waals surface area contributed by atoms with Gasteiger partial charge in [0.2, 0.25) is 11.1 Å². The number of benzene rings is 1. The maximum absolute atomic E-state index is 12.0. The summed E-state index contributed by atoms with van der Waals surface area (Å²) in [4.78, 5) is 12.0. The van der Waals surface area contributed by atoms with E-state index in [0.717, 1.165) is 0 Å². The van der Waals surface area contributed by atoms with E-state index in [1.165, 1.54) is 22.8 Å². The molecule has 0 radical (unpaired) electrons. The van der Waals surface area contributed by atoms with E-state index >= 15 is 0 Å². The summed E-state index contributed by atoms with van der Waals surface area (Å²) >= 11 is 1.20. The number of rotatable bonds is 8. The molecule has 23 heavy (non-hydrogen) atoms. The first-order valence-electron chi connectivity index (χ1n) is 7.11. The largest absolute Gasteiger partial charge is 0.490 e. The highest BCUT2D eigenvalue weighted by atomic mass is 32.2. The molecule has 9 heteroatoms. The molecule has 0 aliphatic rings. The zero-order valence-corrected chi connectivity index (χ0v) is 13.8. The van der Waals surface area contributed by atoms with Crippen LogP contribution in [0.15, 0.2) is 29.7 Å². The first-order chi connectivity index (χ1) is 11.1. The Morgan fingerprint density at radius 3 is 2.70 bits per heavy atom. The Bertz CT molecular complexity index is 662. The number of nitrogen functional groups attached to an aromatic ring is 1. The lowest BCUT2D eigenvalue weighted by Crippen LogP contribution is -2.15. The fourth-order valence-electron chi connectivity index (χ4n) is 1.79. The summed E-state index contributed by atoms with van der Waals surface area (Å²) in [6.45, 7) is 4.85. The molecule has 0 fully saturated rings. The molecule has 0 saturated carbocycles. The van der Waals surface area contributed by atoms with Crippen molar-refractivity contribution in [2.45, 2.75) is 19.0 Å². The summed E-state index contributed by atoms with van der Waals surface area (Å²) in [5, 5.41) is 10.7. The minimum absolute atomic E-state index is 0.174. The molecule has 1 amide bonds. The topological polar surface area (TPSA) is 104 Å². The van der Waals surface area contributed by atoms with Crippen molar-refractivity contribution in [3.05, 3.63) is 24.5 Å². The van der Waals surface area contributed by atoms with Gasteiger partial charge >= 0.3 is 0 Å². The summed E-state index contributed by atoms with van der Waals surface area (Å²) in [6.07, 6.45) is 1.38. The highest BCUT2D eigenvalue weighted by Crippen LogP contribution is 2.30. The monoisotopic (exact) mass is 337 g/mol. The zero-order valence-electron chi connectivity index (χ0n) is 13.0. The molecule has 0 unspecified atom stereocenters. The maximum Gasteiger partial charge on any atom is 0.234 e. The Labute approximate surface area is 138 Å². The number of thioether (sulfide) groups is 1. The van der Waals surface area contributed by atoms with E-state index in [-0.39, 0.29) is 11.7 Å². The number of nitrogens with one attached hydrogen (secondary N) is 1. The molecule has 0 atom stereocenters. The van der Waals surface area contributed by atoms with Crippen molar-refractivity contribution in [3.63, 3.8) is 0 Å². The molecule has 0 saturated heterocycles. The zero-order chi connectivity index (χ0) is 16.7. The second-order valence-electron chi connectivity index (χ2n) is 4.39. The van der Waals surface area contributed by atoms with Crippen LogP contribution in [-0.2, 0) is 4.79 Å². The van der Waals surface area contributed by atoms with Gasteiger partial charge in [0.25, 0.3) is 0 Å². The second-order valence-corrected chi connectivity index (χ2v) is 5.33. The summed E-state index contributed by atoms with van der Waals surface area (Å²) in [5.74, 6) is 6.83. The van der Waals surface area contributed by atoms with Crippen LogP contribution in [0.3, 0.4) is 0 Å². The van der Waals surface area contributed by atoms with Gasteiger partial charge in [-0.2, -0.15) is 0 Å². The van der Waals surface area contributed by atoms with E-state index in [9.17, 15) is 4.79 Å². The Morgan fingerprint density at radius 1 is 1.30 bits per heavy atom. The van der Waals surface area contributed by atoms with Crippen LogP contribution >= 0.6 is 11.8 Å². The van der Waals surface area contributed by atoms with Crippen molar-refractivity contribution < 1.29 is 14.3 Å². The van der Waals surface area contributed by atoms with Gasteiger partial charge in [-0.15, -0.1) is 10.2 Å². The molecule has 0 bridgehead atoms. The lowest BCUT2D eigenvalue weighted by atomic mass is 10.2. The van der Waals surface area contributed by atoms with E-state index in [4.69, 9.17) is 15.3 Å². The standard InChI is InChI=1S/C14H19N5O3S/c1-3-21-11-6-5-10(7-12(11)22-4-2)17-13(20)8-23-14-18-16-9-19(14)15/h5-7,9H,3-4,8,15H2,1-2H3,(H,17,20). The molecule has 2 aromatic rings. The van der Waals surface area contributed by atoms with Gasteiger partial charge in [-0.25, -0.2) is 4.68 Å². The van der Waals surface area contributed by atoms with Crippen molar-refractivity contribution in [2.24, 2.45) is 0 Å². The van der Waals surface area contributed by atoms with Crippen molar-refractivity contribution >= 4 is 23.4 Å². The predicted octanol–water partition coefficient (Wildman–Crippen LogP) is 1.52. The van der Waals surface area contributed by atoms with Crippen LogP contribution in [0.1, 0.15) is 13.8 Å². The van der Waals surface area contributed by atoms with Gasteiger partial charge in [0, 0.05) is 11.8 Å².